The molecule has 1 aliphatic rings. The van der Waals surface area contributed by atoms with E-state index in [4.69, 9.17) is 16.3 Å². The summed E-state index contributed by atoms with van der Waals surface area (Å²) < 4.78 is 71.9. The van der Waals surface area contributed by atoms with Crippen LogP contribution >= 0.6 is 11.6 Å². The highest BCUT2D eigenvalue weighted by molar-refractivity contribution is 7.92. The van der Waals surface area contributed by atoms with Gasteiger partial charge in [0.05, 0.1) is 29.6 Å². The second kappa shape index (κ2) is 13.8. The van der Waals surface area contributed by atoms with E-state index in [1.807, 2.05) is 0 Å². The fourth-order valence-corrected chi connectivity index (χ4v) is 5.96. The third-order valence-corrected chi connectivity index (χ3v) is 8.54. The molecule has 2 amide bonds. The Kier molecular flexibility index (Phi) is 10.9. The molecule has 1 unspecified atom stereocenters. The molecule has 0 radical (unpaired) electrons. The van der Waals surface area contributed by atoms with Crippen LogP contribution in [-0.2, 0) is 32.3 Å². The van der Waals surface area contributed by atoms with Crippen molar-refractivity contribution in [2.75, 3.05) is 24.2 Å². The van der Waals surface area contributed by atoms with Crippen LogP contribution < -0.4 is 14.4 Å². The molecule has 0 aromatic heterocycles. The first-order valence-corrected chi connectivity index (χ1v) is 15.5. The van der Waals surface area contributed by atoms with Gasteiger partial charge in [-0.2, -0.15) is 13.2 Å². The van der Waals surface area contributed by atoms with E-state index in [-0.39, 0.29) is 30.6 Å². The van der Waals surface area contributed by atoms with E-state index in [1.54, 1.807) is 31.2 Å². The van der Waals surface area contributed by atoms with Gasteiger partial charge in [0.1, 0.15) is 18.3 Å². The van der Waals surface area contributed by atoms with Gasteiger partial charge in [0.25, 0.3) is 0 Å². The molecule has 1 saturated carbocycles. The van der Waals surface area contributed by atoms with E-state index in [0.717, 1.165) is 50.5 Å². The molecule has 0 bridgehead atoms. The molecular weight excluding hydrogens is 583 g/mol. The number of amides is 2. The maximum atomic E-state index is 13.8. The van der Waals surface area contributed by atoms with Gasteiger partial charge in [-0.05, 0) is 55.2 Å². The summed E-state index contributed by atoms with van der Waals surface area (Å²) in [5, 5.41) is 2.43. The van der Waals surface area contributed by atoms with Crippen molar-refractivity contribution in [3.8, 4) is 5.75 Å². The quantitative estimate of drug-likeness (QED) is 0.365. The van der Waals surface area contributed by atoms with E-state index in [2.05, 4.69) is 5.32 Å². The van der Waals surface area contributed by atoms with Gasteiger partial charge >= 0.3 is 6.18 Å². The molecule has 2 aromatic rings. The van der Waals surface area contributed by atoms with E-state index in [0.29, 0.717) is 21.7 Å². The number of nitrogens with one attached hydrogen (secondary N) is 1. The number of rotatable bonds is 11. The number of sulfonamides is 1. The number of alkyl halides is 3. The molecule has 1 atom stereocenters. The number of methoxy groups -OCH3 is 1. The van der Waals surface area contributed by atoms with Gasteiger partial charge in [-0.25, -0.2) is 8.42 Å². The van der Waals surface area contributed by atoms with Crippen LogP contribution in [0.25, 0.3) is 0 Å². The molecule has 0 aliphatic heterocycles. The van der Waals surface area contributed by atoms with E-state index in [1.165, 1.54) is 12.0 Å². The van der Waals surface area contributed by atoms with Gasteiger partial charge in [-0.3, -0.25) is 13.9 Å². The Labute approximate surface area is 243 Å². The van der Waals surface area contributed by atoms with Crippen molar-refractivity contribution in [3.63, 3.8) is 0 Å². The number of carbonyl (C=O) groups excluding carboxylic acids is 2. The molecule has 226 valence electrons. The van der Waals surface area contributed by atoms with Crippen LogP contribution in [0, 0.1) is 0 Å². The Balaban J connectivity index is 1.97. The number of carbonyl (C=O) groups is 2. The Morgan fingerprint density at radius 2 is 1.73 bits per heavy atom. The third-order valence-electron chi connectivity index (χ3n) is 7.07. The summed E-state index contributed by atoms with van der Waals surface area (Å²) in [7, 11) is -2.71. The maximum Gasteiger partial charge on any atom is 0.417 e. The van der Waals surface area contributed by atoms with Crippen LogP contribution in [0.5, 0.6) is 5.75 Å². The lowest BCUT2D eigenvalue weighted by atomic mass is 9.95. The molecule has 3 rings (SSSR count). The van der Waals surface area contributed by atoms with Gasteiger partial charge in [-0.1, -0.05) is 49.9 Å². The molecule has 13 heteroatoms. The van der Waals surface area contributed by atoms with Gasteiger partial charge in [-0.15, -0.1) is 0 Å². The summed E-state index contributed by atoms with van der Waals surface area (Å²) in [4.78, 5) is 28.5. The normalized spacial score (nSPS) is 15.2. The van der Waals surface area contributed by atoms with Crippen molar-refractivity contribution < 1.29 is 35.9 Å². The van der Waals surface area contributed by atoms with Crippen LogP contribution in [0.15, 0.2) is 42.5 Å². The van der Waals surface area contributed by atoms with Crippen LogP contribution in [0.4, 0.5) is 18.9 Å². The van der Waals surface area contributed by atoms with Crippen LogP contribution in [-0.4, -0.2) is 57.1 Å². The first-order chi connectivity index (χ1) is 19.2. The topological polar surface area (TPSA) is 96.0 Å². The highest BCUT2D eigenvalue weighted by atomic mass is 35.5. The summed E-state index contributed by atoms with van der Waals surface area (Å²) in [6.45, 7) is 0.884. The SMILES string of the molecule is CCC(C(=O)NC1CCCCC1)N(Cc1ccc(OC)cc1)C(=O)CN(c1ccc(Cl)c(C(F)(F)F)c1)S(C)(=O)=O. The van der Waals surface area contributed by atoms with Gasteiger partial charge in [0.2, 0.25) is 21.8 Å². The number of halogens is 4. The number of ether oxygens (including phenoxy) is 1. The van der Waals surface area contributed by atoms with Crippen LogP contribution in [0.1, 0.15) is 56.6 Å². The first-order valence-electron chi connectivity index (χ1n) is 13.3. The highest BCUT2D eigenvalue weighted by Gasteiger charge is 2.36. The minimum Gasteiger partial charge on any atom is -0.497 e. The zero-order valence-electron chi connectivity index (χ0n) is 23.2. The van der Waals surface area contributed by atoms with Crippen LogP contribution in [0.2, 0.25) is 5.02 Å². The minimum absolute atomic E-state index is 0.0226. The molecule has 0 saturated heterocycles. The van der Waals surface area contributed by atoms with Crippen LogP contribution in [0.3, 0.4) is 0 Å². The summed E-state index contributed by atoms with van der Waals surface area (Å²) in [6.07, 6.45) is 0.907. The van der Waals surface area contributed by atoms with E-state index < -0.39 is 45.3 Å². The Morgan fingerprint density at radius 1 is 1.10 bits per heavy atom. The fraction of sp³-hybridized carbons (Fsp3) is 0.500. The summed E-state index contributed by atoms with van der Waals surface area (Å²) >= 11 is 5.73. The second-order valence-electron chi connectivity index (χ2n) is 10.1. The molecule has 0 heterocycles. The molecule has 1 fully saturated rings. The standard InChI is InChI=1S/C28H35ClF3N3O5S/c1-4-25(27(37)33-20-8-6-5-7-9-20)34(17-19-10-13-22(40-2)14-11-19)26(36)18-35(41(3,38)39)21-12-15-24(29)23(16-21)28(30,31)32/h10-16,20,25H,4-9,17-18H2,1-3H3,(H,33,37). The highest BCUT2D eigenvalue weighted by Crippen LogP contribution is 2.37. The second-order valence-corrected chi connectivity index (χ2v) is 12.4. The Morgan fingerprint density at radius 3 is 2.27 bits per heavy atom. The molecule has 8 nitrogen and oxygen atoms in total. The lowest BCUT2D eigenvalue weighted by Crippen LogP contribution is -2.53. The van der Waals surface area contributed by atoms with Crippen molar-refractivity contribution in [2.24, 2.45) is 0 Å². The summed E-state index contributed by atoms with van der Waals surface area (Å²) in [6, 6.07) is 8.48. The summed E-state index contributed by atoms with van der Waals surface area (Å²) in [5.41, 5.74) is -0.951. The molecule has 41 heavy (non-hydrogen) atoms. The Hall–Kier alpha value is -2.99. The molecular formula is C28H35ClF3N3O5S. The molecule has 2 aromatic carbocycles. The molecule has 0 spiro atoms. The van der Waals surface area contributed by atoms with Crippen molar-refractivity contribution in [3.05, 3.63) is 58.6 Å². The monoisotopic (exact) mass is 617 g/mol. The van der Waals surface area contributed by atoms with E-state index in [9.17, 15) is 31.2 Å². The largest absolute Gasteiger partial charge is 0.497 e. The van der Waals surface area contributed by atoms with E-state index >= 15 is 0 Å². The predicted octanol–water partition coefficient (Wildman–Crippen LogP) is 5.39. The minimum atomic E-state index is -4.84. The Bertz CT molecular complexity index is 1320. The predicted molar refractivity (Wildman–Crippen MR) is 151 cm³/mol. The number of nitrogens with zero attached hydrogens (tertiary/aromatic N) is 2. The van der Waals surface area contributed by atoms with Crippen molar-refractivity contribution >= 4 is 39.1 Å². The first kappa shape index (κ1) is 32.5. The van der Waals surface area contributed by atoms with Gasteiger partial charge in [0, 0.05) is 12.6 Å². The third kappa shape index (κ3) is 8.75. The number of hydrogen-bond donors (Lipinski definition) is 1. The lowest BCUT2D eigenvalue weighted by Gasteiger charge is -2.34. The maximum absolute atomic E-state index is 13.8. The summed E-state index contributed by atoms with van der Waals surface area (Å²) in [5.74, 6) is -0.529. The van der Waals surface area contributed by atoms with Gasteiger partial charge in [0.15, 0.2) is 0 Å². The van der Waals surface area contributed by atoms with Crippen molar-refractivity contribution in [1.82, 2.24) is 10.2 Å². The van der Waals surface area contributed by atoms with Gasteiger partial charge < -0.3 is 15.0 Å². The zero-order valence-corrected chi connectivity index (χ0v) is 24.8. The fourth-order valence-electron chi connectivity index (χ4n) is 4.89. The average Bonchev–Trinajstić information content (AvgIpc) is 2.91. The van der Waals surface area contributed by atoms with Crippen molar-refractivity contribution in [1.29, 1.82) is 0 Å². The number of anilines is 1. The zero-order chi connectivity index (χ0) is 30.4. The van der Waals surface area contributed by atoms with Crippen molar-refractivity contribution in [2.45, 2.75) is 70.3 Å². The molecule has 1 aliphatic carbocycles. The number of benzene rings is 2. The average molecular weight is 618 g/mol. The number of hydrogen-bond acceptors (Lipinski definition) is 5. The lowest BCUT2D eigenvalue weighted by molar-refractivity contribution is -0.140. The smallest absolute Gasteiger partial charge is 0.417 e. The molecule has 1 N–H and O–H groups in total.